The van der Waals surface area contributed by atoms with Crippen LogP contribution in [-0.2, 0) is 13.0 Å². The molecular formula is C25H26N2O2. The molecule has 0 aliphatic rings. The molecule has 0 spiro atoms. The molecule has 1 N–H and O–H groups in total. The number of aliphatic hydroxyl groups excluding tert-OH is 1. The summed E-state index contributed by atoms with van der Waals surface area (Å²) < 4.78 is 7.97. The molecule has 1 heterocycles. The predicted molar refractivity (Wildman–Crippen MR) is 116 cm³/mol. The van der Waals surface area contributed by atoms with E-state index in [0.29, 0.717) is 6.54 Å². The molecule has 4 heteroatoms. The summed E-state index contributed by atoms with van der Waals surface area (Å²) in [6, 6.07) is 24.3. The zero-order valence-electron chi connectivity index (χ0n) is 16.9. The van der Waals surface area contributed by atoms with Crippen LogP contribution in [0.25, 0.3) is 11.0 Å². The molecule has 0 aliphatic carbocycles. The first-order valence-corrected chi connectivity index (χ1v) is 9.97. The third kappa shape index (κ3) is 4.33. The molecule has 0 aliphatic heterocycles. The van der Waals surface area contributed by atoms with Gasteiger partial charge in [-0.05, 0) is 48.7 Å². The number of nitrogens with zero attached hydrogens (tertiary/aromatic N) is 2. The summed E-state index contributed by atoms with van der Waals surface area (Å²) in [6.45, 7) is 4.80. The van der Waals surface area contributed by atoms with Gasteiger partial charge < -0.3 is 14.4 Å². The summed E-state index contributed by atoms with van der Waals surface area (Å²) in [7, 11) is 0. The Kier molecular flexibility index (Phi) is 5.63. The maximum absolute atomic E-state index is 10.7. The summed E-state index contributed by atoms with van der Waals surface area (Å²) in [6.07, 6.45) is 0.0926. The van der Waals surface area contributed by atoms with Gasteiger partial charge in [-0.25, -0.2) is 4.98 Å². The zero-order valence-corrected chi connectivity index (χ0v) is 16.9. The van der Waals surface area contributed by atoms with E-state index in [2.05, 4.69) is 41.8 Å². The smallest absolute Gasteiger partial charge is 0.122 e. The van der Waals surface area contributed by atoms with Crippen molar-refractivity contribution in [1.29, 1.82) is 0 Å². The number of aromatic nitrogens is 2. The molecule has 0 bridgehead atoms. The fourth-order valence-electron chi connectivity index (χ4n) is 3.61. The van der Waals surface area contributed by atoms with Gasteiger partial charge in [0.15, 0.2) is 0 Å². The first kappa shape index (κ1) is 19.2. The van der Waals surface area contributed by atoms with E-state index >= 15 is 0 Å². The Morgan fingerprint density at radius 2 is 1.59 bits per heavy atom. The number of para-hydroxylation sites is 3. The van der Waals surface area contributed by atoms with Crippen molar-refractivity contribution in [3.8, 4) is 5.75 Å². The Labute approximate surface area is 171 Å². The van der Waals surface area contributed by atoms with Gasteiger partial charge in [-0.2, -0.15) is 0 Å². The normalized spacial score (nSPS) is 12.2. The maximum Gasteiger partial charge on any atom is 0.122 e. The lowest BCUT2D eigenvalue weighted by Gasteiger charge is -2.17. The number of hydrogen-bond donors (Lipinski definition) is 1. The predicted octanol–water partition coefficient (Wildman–Crippen LogP) is 4.68. The zero-order chi connectivity index (χ0) is 20.2. The lowest BCUT2D eigenvalue weighted by molar-refractivity contribution is 0.0925. The summed E-state index contributed by atoms with van der Waals surface area (Å²) >= 11 is 0. The highest BCUT2D eigenvalue weighted by atomic mass is 16.5. The molecule has 3 aromatic carbocycles. The molecule has 4 aromatic rings. The number of fused-ring (bicyclic) bond motifs is 1. The van der Waals surface area contributed by atoms with E-state index in [1.807, 2.05) is 49.4 Å². The Bertz CT molecular complexity index is 1120. The van der Waals surface area contributed by atoms with E-state index in [1.165, 1.54) is 11.1 Å². The Hall–Kier alpha value is -3.11. The summed E-state index contributed by atoms with van der Waals surface area (Å²) in [5.74, 6) is 1.76. The minimum Gasteiger partial charge on any atom is -0.491 e. The van der Waals surface area contributed by atoms with Gasteiger partial charge >= 0.3 is 0 Å². The summed E-state index contributed by atoms with van der Waals surface area (Å²) in [4.78, 5) is 4.85. The number of hydrogen-bond acceptors (Lipinski definition) is 3. The van der Waals surface area contributed by atoms with Crippen LogP contribution in [0.15, 0.2) is 72.8 Å². The molecule has 0 amide bonds. The van der Waals surface area contributed by atoms with Crippen LogP contribution in [0.2, 0.25) is 0 Å². The molecule has 1 aromatic heterocycles. The fraction of sp³-hybridized carbons (Fsp3) is 0.240. The molecule has 4 rings (SSSR count). The number of imidazole rings is 1. The van der Waals surface area contributed by atoms with E-state index < -0.39 is 6.10 Å². The molecule has 148 valence electrons. The number of ether oxygens (including phenoxy) is 1. The van der Waals surface area contributed by atoms with Crippen LogP contribution in [0, 0.1) is 13.8 Å². The fourth-order valence-corrected chi connectivity index (χ4v) is 3.61. The first-order chi connectivity index (χ1) is 14.1. The molecule has 29 heavy (non-hydrogen) atoms. The summed E-state index contributed by atoms with van der Waals surface area (Å²) in [5.41, 5.74) is 5.53. The average molecular weight is 386 g/mol. The monoisotopic (exact) mass is 386 g/mol. The molecule has 0 saturated heterocycles. The van der Waals surface area contributed by atoms with Crippen molar-refractivity contribution in [3.63, 3.8) is 0 Å². The van der Waals surface area contributed by atoms with Crippen molar-refractivity contribution in [3.05, 3.63) is 95.3 Å². The van der Waals surface area contributed by atoms with Gasteiger partial charge in [-0.1, -0.05) is 54.6 Å². The van der Waals surface area contributed by atoms with Gasteiger partial charge in [0, 0.05) is 6.42 Å². The molecule has 0 saturated carbocycles. The van der Waals surface area contributed by atoms with Crippen molar-refractivity contribution in [1.82, 2.24) is 9.55 Å². The third-order valence-corrected chi connectivity index (χ3v) is 5.26. The number of aryl methyl sites for hydroxylation is 2. The molecular weight excluding hydrogens is 360 g/mol. The Balaban J connectivity index is 1.57. The quantitative estimate of drug-likeness (QED) is 0.501. The minimum atomic E-state index is -0.636. The topological polar surface area (TPSA) is 47.3 Å². The van der Waals surface area contributed by atoms with Gasteiger partial charge in [-0.3, -0.25) is 0 Å². The van der Waals surface area contributed by atoms with Crippen LogP contribution in [0.5, 0.6) is 5.75 Å². The third-order valence-electron chi connectivity index (χ3n) is 5.26. The van der Waals surface area contributed by atoms with Crippen LogP contribution in [0.1, 0.15) is 22.5 Å². The van der Waals surface area contributed by atoms with Crippen molar-refractivity contribution < 1.29 is 9.84 Å². The van der Waals surface area contributed by atoms with Gasteiger partial charge in [0.25, 0.3) is 0 Å². The Morgan fingerprint density at radius 1 is 0.897 bits per heavy atom. The number of rotatable bonds is 7. The largest absolute Gasteiger partial charge is 0.491 e. The van der Waals surface area contributed by atoms with E-state index in [-0.39, 0.29) is 6.61 Å². The van der Waals surface area contributed by atoms with Crippen molar-refractivity contribution in [2.75, 3.05) is 6.61 Å². The van der Waals surface area contributed by atoms with E-state index in [1.54, 1.807) is 0 Å². The highest BCUT2D eigenvalue weighted by molar-refractivity contribution is 5.76. The minimum absolute atomic E-state index is 0.237. The van der Waals surface area contributed by atoms with Crippen molar-refractivity contribution in [2.45, 2.75) is 32.9 Å². The highest BCUT2D eigenvalue weighted by Crippen LogP contribution is 2.21. The number of benzene rings is 3. The number of aliphatic hydroxyl groups is 1. The molecule has 1 atom stereocenters. The van der Waals surface area contributed by atoms with Crippen LogP contribution in [-0.4, -0.2) is 27.4 Å². The van der Waals surface area contributed by atoms with Gasteiger partial charge in [0.1, 0.15) is 24.3 Å². The van der Waals surface area contributed by atoms with E-state index in [0.717, 1.165) is 34.6 Å². The van der Waals surface area contributed by atoms with Crippen LogP contribution in [0.3, 0.4) is 0 Å². The summed E-state index contributed by atoms with van der Waals surface area (Å²) in [5, 5.41) is 10.7. The standard InChI is InChI=1S/C25H26N2O2/c1-18-9-3-5-11-20(18)15-25-26-22-12-6-7-13-23(22)27(25)16-21(28)17-29-24-14-8-4-10-19(24)2/h3-14,21,28H,15-17H2,1-2H3/t21-/m1/s1. The molecule has 0 radical (unpaired) electrons. The maximum atomic E-state index is 10.7. The van der Waals surface area contributed by atoms with Gasteiger partial charge in [0.05, 0.1) is 17.6 Å². The second-order valence-corrected chi connectivity index (χ2v) is 7.46. The van der Waals surface area contributed by atoms with Gasteiger partial charge in [-0.15, -0.1) is 0 Å². The van der Waals surface area contributed by atoms with Crippen LogP contribution < -0.4 is 4.74 Å². The molecule has 4 nitrogen and oxygen atoms in total. The lowest BCUT2D eigenvalue weighted by atomic mass is 10.1. The molecule has 0 fully saturated rings. The van der Waals surface area contributed by atoms with Crippen LogP contribution in [0.4, 0.5) is 0 Å². The Morgan fingerprint density at radius 3 is 2.38 bits per heavy atom. The van der Waals surface area contributed by atoms with Crippen LogP contribution >= 0.6 is 0 Å². The second-order valence-electron chi connectivity index (χ2n) is 7.46. The van der Waals surface area contributed by atoms with E-state index in [4.69, 9.17) is 9.72 Å². The average Bonchev–Trinajstić information content (AvgIpc) is 3.06. The van der Waals surface area contributed by atoms with Crippen molar-refractivity contribution in [2.24, 2.45) is 0 Å². The van der Waals surface area contributed by atoms with E-state index in [9.17, 15) is 5.11 Å². The molecule has 0 unspecified atom stereocenters. The first-order valence-electron chi connectivity index (χ1n) is 9.97. The highest BCUT2D eigenvalue weighted by Gasteiger charge is 2.16. The van der Waals surface area contributed by atoms with Crippen molar-refractivity contribution >= 4 is 11.0 Å². The SMILES string of the molecule is Cc1ccccc1Cc1nc2ccccc2n1C[C@@H](O)COc1ccccc1C. The van der Waals surface area contributed by atoms with Gasteiger partial charge in [0.2, 0.25) is 0 Å². The second kappa shape index (κ2) is 8.50. The lowest BCUT2D eigenvalue weighted by Crippen LogP contribution is -2.25.